The zero-order chi connectivity index (χ0) is 32.3. The summed E-state index contributed by atoms with van der Waals surface area (Å²) in [7, 11) is 0. The Morgan fingerprint density at radius 3 is 2.64 bits per heavy atom. The monoisotopic (exact) mass is 617 g/mol. The van der Waals surface area contributed by atoms with Gasteiger partial charge in [0.25, 0.3) is 5.56 Å². The maximum atomic E-state index is 13.6. The van der Waals surface area contributed by atoms with E-state index >= 15 is 0 Å². The number of benzene rings is 1. The van der Waals surface area contributed by atoms with Gasteiger partial charge in [0.1, 0.15) is 12.2 Å². The number of nitrogens with one attached hydrogen (secondary N) is 2. The van der Waals surface area contributed by atoms with Gasteiger partial charge in [-0.05, 0) is 88.6 Å². The Hall–Kier alpha value is -4.29. The summed E-state index contributed by atoms with van der Waals surface area (Å²) in [6, 6.07) is 4.70. The van der Waals surface area contributed by atoms with Crippen molar-refractivity contribution in [3.05, 3.63) is 56.4 Å². The summed E-state index contributed by atoms with van der Waals surface area (Å²) in [5.74, 6) is -1.03. The summed E-state index contributed by atoms with van der Waals surface area (Å²) < 4.78 is 12.0. The first-order valence-corrected chi connectivity index (χ1v) is 15.5. The van der Waals surface area contributed by atoms with E-state index in [1.807, 2.05) is 12.1 Å². The Balaban J connectivity index is 1.19. The van der Waals surface area contributed by atoms with Crippen LogP contribution in [-0.2, 0) is 50.7 Å². The van der Waals surface area contributed by atoms with E-state index in [-0.39, 0.29) is 35.6 Å². The molecule has 0 fully saturated rings. The molecule has 0 saturated carbocycles. The fourth-order valence-corrected chi connectivity index (χ4v) is 6.59. The number of esters is 1. The van der Waals surface area contributed by atoms with Gasteiger partial charge in [0.2, 0.25) is 5.91 Å². The number of anilines is 1. The second-order valence-electron chi connectivity index (χ2n) is 13.0. The van der Waals surface area contributed by atoms with Gasteiger partial charge < -0.3 is 35.5 Å². The number of aryl methyl sites for hydroxylation is 2. The number of alkyl carbamates (subject to hydrolysis) is 1. The standard InChI is InChI=1S/C33H39N5O7/c1-5-33(43)21-14-25-27-19(15-38(25)29(40)20(21)16-44-30(33)41)17-9-10-18-23(11-12-24(36-27)26(17)18)37-28(39)22(34)8-6-7-13-35-31(42)45-32(2,3)4/h11-12,14,22,43H,5-10,13,15-16,34H2,1-4H3,(H,35,42)(H,37,39)/t22-,33-/m0/s1. The van der Waals surface area contributed by atoms with E-state index < -0.39 is 29.3 Å². The van der Waals surface area contributed by atoms with Crippen LogP contribution in [0.4, 0.5) is 10.5 Å². The van der Waals surface area contributed by atoms with Crippen molar-refractivity contribution in [1.82, 2.24) is 14.9 Å². The van der Waals surface area contributed by atoms with Crippen LogP contribution in [0.5, 0.6) is 0 Å². The van der Waals surface area contributed by atoms with Crippen molar-refractivity contribution in [2.45, 2.75) is 96.6 Å². The zero-order valence-corrected chi connectivity index (χ0v) is 26.0. The van der Waals surface area contributed by atoms with E-state index in [1.54, 1.807) is 38.3 Å². The highest BCUT2D eigenvalue weighted by Crippen LogP contribution is 2.44. The summed E-state index contributed by atoms with van der Waals surface area (Å²) in [6.07, 6.45) is 2.83. The summed E-state index contributed by atoms with van der Waals surface area (Å²) >= 11 is 0. The molecular formula is C33H39N5O7. The lowest BCUT2D eigenvalue weighted by molar-refractivity contribution is -0.172. The number of amides is 2. The van der Waals surface area contributed by atoms with Gasteiger partial charge in [-0.2, -0.15) is 0 Å². The third kappa shape index (κ3) is 5.35. The lowest BCUT2D eigenvalue weighted by atomic mass is 9.86. The Labute approximate surface area is 260 Å². The Kier molecular flexibility index (Phi) is 7.68. The molecular weight excluding hydrogens is 578 g/mol. The normalized spacial score (nSPS) is 18.6. The quantitative estimate of drug-likeness (QED) is 0.171. The number of aromatic nitrogens is 2. The fraction of sp³-hybridized carbons (Fsp3) is 0.485. The van der Waals surface area contributed by atoms with Gasteiger partial charge in [-0.1, -0.05) is 6.92 Å². The molecule has 4 heterocycles. The fourth-order valence-electron chi connectivity index (χ4n) is 6.59. The van der Waals surface area contributed by atoms with Gasteiger partial charge in [-0.25, -0.2) is 14.6 Å². The van der Waals surface area contributed by atoms with Crippen molar-refractivity contribution in [3.63, 3.8) is 0 Å². The topological polar surface area (TPSA) is 175 Å². The number of nitrogens with zero attached hydrogens (tertiary/aromatic N) is 2. The van der Waals surface area contributed by atoms with Crippen molar-refractivity contribution >= 4 is 34.6 Å². The molecule has 1 aromatic carbocycles. The predicted octanol–water partition coefficient (Wildman–Crippen LogP) is 3.14. The number of fused-ring (bicyclic) bond motifs is 5. The number of nitrogens with two attached hydrogens (primary N) is 1. The van der Waals surface area contributed by atoms with Gasteiger partial charge in [0.05, 0.1) is 35.1 Å². The Morgan fingerprint density at radius 2 is 1.91 bits per heavy atom. The molecule has 1 aliphatic carbocycles. The molecule has 2 amide bonds. The van der Waals surface area contributed by atoms with Gasteiger partial charge in [-0.3, -0.25) is 9.59 Å². The molecule has 0 unspecified atom stereocenters. The molecule has 5 N–H and O–H groups in total. The number of ether oxygens (including phenoxy) is 2. The Bertz CT molecular complexity index is 1810. The molecule has 0 radical (unpaired) electrons. The highest BCUT2D eigenvalue weighted by atomic mass is 16.6. The first-order valence-electron chi connectivity index (χ1n) is 15.5. The number of rotatable bonds is 8. The molecule has 6 rings (SSSR count). The number of pyridine rings is 2. The average Bonchev–Trinajstić information content (AvgIpc) is 3.59. The highest BCUT2D eigenvalue weighted by Gasteiger charge is 2.45. The molecule has 2 aromatic heterocycles. The molecule has 2 aliphatic heterocycles. The average molecular weight is 618 g/mol. The van der Waals surface area contributed by atoms with Gasteiger partial charge in [-0.15, -0.1) is 0 Å². The molecule has 45 heavy (non-hydrogen) atoms. The maximum Gasteiger partial charge on any atom is 0.407 e. The van der Waals surface area contributed by atoms with Crippen LogP contribution in [-0.4, -0.2) is 50.8 Å². The molecule has 12 heteroatoms. The van der Waals surface area contributed by atoms with Crippen molar-refractivity contribution in [1.29, 1.82) is 0 Å². The summed E-state index contributed by atoms with van der Waals surface area (Å²) in [6.45, 7) is 7.68. The predicted molar refractivity (Wildman–Crippen MR) is 167 cm³/mol. The first-order chi connectivity index (χ1) is 21.3. The largest absolute Gasteiger partial charge is 0.458 e. The smallest absolute Gasteiger partial charge is 0.407 e. The van der Waals surface area contributed by atoms with Gasteiger partial charge >= 0.3 is 12.1 Å². The van der Waals surface area contributed by atoms with Crippen molar-refractivity contribution in [2.24, 2.45) is 5.73 Å². The van der Waals surface area contributed by atoms with Crippen LogP contribution >= 0.6 is 0 Å². The third-order valence-electron chi connectivity index (χ3n) is 8.91. The number of carbonyl (C=O) groups excluding carboxylic acids is 3. The van der Waals surface area contributed by atoms with E-state index in [1.165, 1.54) is 0 Å². The van der Waals surface area contributed by atoms with E-state index in [0.29, 0.717) is 55.8 Å². The van der Waals surface area contributed by atoms with E-state index in [2.05, 4.69) is 10.6 Å². The molecule has 0 spiro atoms. The number of carbonyl (C=O) groups is 3. The summed E-state index contributed by atoms with van der Waals surface area (Å²) in [5.41, 5.74) is 9.77. The van der Waals surface area contributed by atoms with E-state index in [4.69, 9.17) is 20.2 Å². The molecule has 0 saturated heterocycles. The highest BCUT2D eigenvalue weighted by molar-refractivity contribution is 6.01. The van der Waals surface area contributed by atoms with E-state index in [9.17, 15) is 24.3 Å². The van der Waals surface area contributed by atoms with Crippen LogP contribution in [0.1, 0.15) is 81.2 Å². The summed E-state index contributed by atoms with van der Waals surface area (Å²) in [5, 5.41) is 17.8. The SMILES string of the molecule is CC[C@@]1(O)C(=O)OCc2c1cc1n(c2=O)Cc2c-1nc1ccc(NC(=O)[C@@H](N)CCCCNC(=O)OC(C)(C)C)c3c1c2CC3. The first kappa shape index (κ1) is 30.7. The minimum absolute atomic E-state index is 0.0812. The van der Waals surface area contributed by atoms with Gasteiger partial charge in [0, 0.05) is 28.7 Å². The van der Waals surface area contributed by atoms with Crippen LogP contribution in [0.15, 0.2) is 23.0 Å². The lowest BCUT2D eigenvalue weighted by Crippen LogP contribution is -2.44. The van der Waals surface area contributed by atoms with Crippen molar-refractivity contribution < 1.29 is 29.0 Å². The van der Waals surface area contributed by atoms with Crippen LogP contribution in [0, 0.1) is 0 Å². The number of aliphatic hydroxyl groups is 1. The lowest BCUT2D eigenvalue weighted by Gasteiger charge is -2.31. The molecule has 3 aliphatic rings. The maximum absolute atomic E-state index is 13.6. The van der Waals surface area contributed by atoms with Crippen LogP contribution < -0.4 is 21.9 Å². The molecule has 3 aromatic rings. The number of unbranched alkanes of at least 4 members (excludes halogenated alkanes) is 1. The van der Waals surface area contributed by atoms with E-state index in [0.717, 1.165) is 34.0 Å². The zero-order valence-electron chi connectivity index (χ0n) is 26.0. The van der Waals surface area contributed by atoms with Gasteiger partial charge in [0.15, 0.2) is 5.60 Å². The number of cyclic esters (lactones) is 1. The number of hydrogen-bond acceptors (Lipinski definition) is 9. The third-order valence-corrected chi connectivity index (χ3v) is 8.91. The summed E-state index contributed by atoms with van der Waals surface area (Å²) in [4.78, 5) is 55.8. The number of hydrogen-bond donors (Lipinski definition) is 4. The van der Waals surface area contributed by atoms with Crippen LogP contribution in [0.3, 0.4) is 0 Å². The molecule has 238 valence electrons. The van der Waals surface area contributed by atoms with Crippen molar-refractivity contribution in [2.75, 3.05) is 11.9 Å². The van der Waals surface area contributed by atoms with Crippen LogP contribution in [0.25, 0.3) is 22.3 Å². The van der Waals surface area contributed by atoms with Crippen molar-refractivity contribution in [3.8, 4) is 11.4 Å². The molecule has 2 atom stereocenters. The molecule has 12 nitrogen and oxygen atoms in total. The minimum Gasteiger partial charge on any atom is -0.458 e. The second kappa shape index (κ2) is 11.3. The second-order valence-corrected chi connectivity index (χ2v) is 13.0. The molecule has 0 bridgehead atoms. The minimum atomic E-state index is -1.88. The van der Waals surface area contributed by atoms with Crippen LogP contribution in [0.2, 0.25) is 0 Å². The Morgan fingerprint density at radius 1 is 1.16 bits per heavy atom.